The van der Waals surface area contributed by atoms with Gasteiger partial charge in [0.15, 0.2) is 6.29 Å². The van der Waals surface area contributed by atoms with Crippen LogP contribution < -0.4 is 9.47 Å². The lowest BCUT2D eigenvalue weighted by molar-refractivity contribution is -0.0863. The number of rotatable bonds is 4. The molecule has 1 fully saturated rings. The maximum absolute atomic E-state index is 5.58. The summed E-state index contributed by atoms with van der Waals surface area (Å²) in [6.07, 6.45) is -0.0268. The molecule has 1 saturated heterocycles. The van der Waals surface area contributed by atoms with Gasteiger partial charge in [-0.05, 0) is 38.1 Å². The van der Waals surface area contributed by atoms with Gasteiger partial charge in [-0.3, -0.25) is 0 Å². The minimum atomic E-state index is -0.276. The van der Waals surface area contributed by atoms with Crippen molar-refractivity contribution in [2.24, 2.45) is 0 Å². The van der Waals surface area contributed by atoms with Crippen molar-refractivity contribution in [2.45, 2.75) is 32.3 Å². The quantitative estimate of drug-likeness (QED) is 0.806. The van der Waals surface area contributed by atoms with Crippen molar-refractivity contribution in [3.8, 4) is 11.5 Å². The van der Waals surface area contributed by atoms with Crippen LogP contribution in [0, 0.1) is 0 Å². The summed E-state index contributed by atoms with van der Waals surface area (Å²) in [5.74, 6) is 1.60. The van der Waals surface area contributed by atoms with Crippen molar-refractivity contribution in [3.05, 3.63) is 24.3 Å². The predicted molar refractivity (Wildman–Crippen MR) is 63.4 cm³/mol. The molecule has 0 spiro atoms. The van der Waals surface area contributed by atoms with Crippen molar-refractivity contribution in [1.82, 2.24) is 0 Å². The summed E-state index contributed by atoms with van der Waals surface area (Å²) in [5.41, 5.74) is 0. The van der Waals surface area contributed by atoms with Crippen LogP contribution in [0.15, 0.2) is 24.3 Å². The number of hydrogen-bond donors (Lipinski definition) is 0. The highest BCUT2D eigenvalue weighted by atomic mass is 16.7. The zero-order chi connectivity index (χ0) is 12.3. The van der Waals surface area contributed by atoms with Crippen LogP contribution >= 0.6 is 0 Å². The van der Waals surface area contributed by atoms with E-state index in [2.05, 4.69) is 0 Å². The summed E-state index contributed by atoms with van der Waals surface area (Å²) in [5, 5.41) is 0. The Labute approximate surface area is 101 Å². The van der Waals surface area contributed by atoms with Crippen LogP contribution in [0.1, 0.15) is 13.8 Å². The molecule has 4 nitrogen and oxygen atoms in total. The maximum atomic E-state index is 5.58. The summed E-state index contributed by atoms with van der Waals surface area (Å²) in [7, 11) is 1.64. The Morgan fingerprint density at radius 1 is 1.00 bits per heavy atom. The average molecular weight is 238 g/mol. The van der Waals surface area contributed by atoms with Crippen molar-refractivity contribution >= 4 is 0 Å². The van der Waals surface area contributed by atoms with Crippen LogP contribution in [-0.4, -0.2) is 32.2 Å². The lowest BCUT2D eigenvalue weighted by atomic mass is 10.3. The second-order valence-electron chi connectivity index (χ2n) is 4.10. The van der Waals surface area contributed by atoms with Gasteiger partial charge in [0.25, 0.3) is 0 Å². The maximum Gasteiger partial charge on any atom is 0.192 e. The summed E-state index contributed by atoms with van der Waals surface area (Å²) in [6.45, 7) is 4.40. The third-order valence-electron chi connectivity index (χ3n) is 2.84. The SMILES string of the molecule is COc1ccc(OCC2OC(C)C(C)O2)cc1. The number of methoxy groups -OCH3 is 1. The van der Waals surface area contributed by atoms with E-state index in [0.717, 1.165) is 11.5 Å². The first-order valence-corrected chi connectivity index (χ1v) is 5.77. The van der Waals surface area contributed by atoms with Crippen LogP contribution in [0.2, 0.25) is 0 Å². The highest BCUT2D eigenvalue weighted by molar-refractivity contribution is 5.31. The van der Waals surface area contributed by atoms with Crippen molar-refractivity contribution in [1.29, 1.82) is 0 Å². The summed E-state index contributed by atoms with van der Waals surface area (Å²) < 4.78 is 21.8. The molecule has 2 rings (SSSR count). The fourth-order valence-electron chi connectivity index (χ4n) is 1.65. The average Bonchev–Trinajstić information content (AvgIpc) is 2.67. The smallest absolute Gasteiger partial charge is 0.192 e. The molecule has 0 saturated carbocycles. The number of ether oxygens (including phenoxy) is 4. The second-order valence-corrected chi connectivity index (χ2v) is 4.10. The molecule has 17 heavy (non-hydrogen) atoms. The third kappa shape index (κ3) is 3.11. The molecule has 0 N–H and O–H groups in total. The monoisotopic (exact) mass is 238 g/mol. The van der Waals surface area contributed by atoms with E-state index in [4.69, 9.17) is 18.9 Å². The van der Waals surface area contributed by atoms with E-state index < -0.39 is 0 Å². The van der Waals surface area contributed by atoms with Gasteiger partial charge in [0, 0.05) is 0 Å². The molecule has 4 heteroatoms. The van der Waals surface area contributed by atoms with E-state index in [9.17, 15) is 0 Å². The summed E-state index contributed by atoms with van der Waals surface area (Å²) in [6, 6.07) is 7.44. The molecule has 1 aliphatic heterocycles. The molecular weight excluding hydrogens is 220 g/mol. The molecule has 2 atom stereocenters. The Morgan fingerprint density at radius 3 is 2.06 bits per heavy atom. The normalized spacial score (nSPS) is 28.1. The second kappa shape index (κ2) is 5.38. The minimum absolute atomic E-state index is 0.125. The predicted octanol–water partition coefficient (Wildman–Crippen LogP) is 2.22. The Kier molecular flexibility index (Phi) is 3.86. The molecule has 1 aromatic rings. The summed E-state index contributed by atoms with van der Waals surface area (Å²) in [4.78, 5) is 0. The van der Waals surface area contributed by atoms with Gasteiger partial charge in [0.1, 0.15) is 18.1 Å². The number of benzene rings is 1. The zero-order valence-corrected chi connectivity index (χ0v) is 10.4. The van der Waals surface area contributed by atoms with Crippen molar-refractivity contribution in [3.63, 3.8) is 0 Å². The summed E-state index contributed by atoms with van der Waals surface area (Å²) >= 11 is 0. The van der Waals surface area contributed by atoms with E-state index in [1.165, 1.54) is 0 Å². The Morgan fingerprint density at radius 2 is 1.53 bits per heavy atom. The van der Waals surface area contributed by atoms with Crippen molar-refractivity contribution in [2.75, 3.05) is 13.7 Å². The molecule has 94 valence electrons. The highest BCUT2D eigenvalue weighted by Gasteiger charge is 2.29. The van der Waals surface area contributed by atoms with Gasteiger partial charge in [-0.1, -0.05) is 0 Å². The Bertz CT molecular complexity index is 339. The largest absolute Gasteiger partial charge is 0.497 e. The lowest BCUT2D eigenvalue weighted by Gasteiger charge is -2.12. The fourth-order valence-corrected chi connectivity index (χ4v) is 1.65. The van der Waals surface area contributed by atoms with Gasteiger partial charge in [-0.2, -0.15) is 0 Å². The molecule has 0 bridgehead atoms. The molecule has 1 aliphatic rings. The molecule has 0 aromatic heterocycles. The van der Waals surface area contributed by atoms with Gasteiger partial charge in [-0.25, -0.2) is 0 Å². The zero-order valence-electron chi connectivity index (χ0n) is 10.4. The molecule has 0 amide bonds. The van der Waals surface area contributed by atoms with Gasteiger partial charge >= 0.3 is 0 Å². The van der Waals surface area contributed by atoms with Gasteiger partial charge in [0.05, 0.1) is 19.3 Å². The molecule has 1 heterocycles. The van der Waals surface area contributed by atoms with Crippen LogP contribution in [0.3, 0.4) is 0 Å². The van der Waals surface area contributed by atoms with Gasteiger partial charge < -0.3 is 18.9 Å². The van der Waals surface area contributed by atoms with Crippen molar-refractivity contribution < 1.29 is 18.9 Å². The Hall–Kier alpha value is -1.26. The van der Waals surface area contributed by atoms with Gasteiger partial charge in [-0.15, -0.1) is 0 Å². The van der Waals surface area contributed by atoms with E-state index in [-0.39, 0.29) is 18.5 Å². The molecule has 0 radical (unpaired) electrons. The lowest BCUT2D eigenvalue weighted by Crippen LogP contribution is -2.19. The molecule has 1 aromatic carbocycles. The minimum Gasteiger partial charge on any atom is -0.497 e. The highest BCUT2D eigenvalue weighted by Crippen LogP contribution is 2.21. The van der Waals surface area contributed by atoms with E-state index in [0.29, 0.717) is 6.61 Å². The van der Waals surface area contributed by atoms with E-state index in [1.54, 1.807) is 7.11 Å². The van der Waals surface area contributed by atoms with Crippen LogP contribution in [0.5, 0.6) is 11.5 Å². The third-order valence-corrected chi connectivity index (χ3v) is 2.84. The van der Waals surface area contributed by atoms with Crippen LogP contribution in [0.4, 0.5) is 0 Å². The molecule has 2 unspecified atom stereocenters. The van der Waals surface area contributed by atoms with Crippen LogP contribution in [0.25, 0.3) is 0 Å². The van der Waals surface area contributed by atoms with E-state index in [1.807, 2.05) is 38.1 Å². The van der Waals surface area contributed by atoms with Gasteiger partial charge in [0.2, 0.25) is 0 Å². The number of hydrogen-bond acceptors (Lipinski definition) is 4. The first kappa shape index (κ1) is 12.2. The molecule has 0 aliphatic carbocycles. The van der Waals surface area contributed by atoms with E-state index >= 15 is 0 Å². The van der Waals surface area contributed by atoms with Crippen LogP contribution in [-0.2, 0) is 9.47 Å². The topological polar surface area (TPSA) is 36.9 Å². The Balaban J connectivity index is 1.81. The first-order valence-electron chi connectivity index (χ1n) is 5.77. The standard InChI is InChI=1S/C13H18O4/c1-9-10(2)17-13(16-9)8-15-12-6-4-11(14-3)5-7-12/h4-7,9-10,13H,8H2,1-3H3. The first-order chi connectivity index (χ1) is 8.19. The fraction of sp³-hybridized carbons (Fsp3) is 0.538. The molecular formula is C13H18O4.